The lowest BCUT2D eigenvalue weighted by Crippen LogP contribution is -2.46. The molecule has 0 spiro atoms. The Morgan fingerprint density at radius 1 is 1.07 bits per heavy atom. The minimum atomic E-state index is -0.515. The van der Waals surface area contributed by atoms with Crippen LogP contribution in [0.15, 0.2) is 18.2 Å². The molecule has 1 aromatic rings. The van der Waals surface area contributed by atoms with Gasteiger partial charge in [0.25, 0.3) is 5.91 Å². The second-order valence-corrected chi connectivity index (χ2v) is 7.97. The van der Waals surface area contributed by atoms with Crippen LogP contribution in [0, 0.1) is 11.7 Å². The quantitative estimate of drug-likeness (QED) is 0.834. The van der Waals surface area contributed by atoms with Crippen molar-refractivity contribution in [3.8, 4) is 0 Å². The minimum Gasteiger partial charge on any atom is -0.352 e. The predicted octanol–water partition coefficient (Wildman–Crippen LogP) is 2.93. The fourth-order valence-corrected chi connectivity index (χ4v) is 4.03. The molecule has 0 saturated carbocycles. The lowest BCUT2D eigenvalue weighted by Gasteiger charge is -2.34. The van der Waals surface area contributed by atoms with Crippen LogP contribution in [0.1, 0.15) is 42.5 Å². The van der Waals surface area contributed by atoms with Crippen LogP contribution in [0.4, 0.5) is 4.39 Å². The number of rotatable bonds is 5. The van der Waals surface area contributed by atoms with Gasteiger partial charge in [0.2, 0.25) is 5.91 Å². The molecule has 27 heavy (non-hydrogen) atoms. The van der Waals surface area contributed by atoms with Crippen LogP contribution < -0.4 is 5.32 Å². The monoisotopic (exact) mass is 395 g/mol. The molecule has 148 valence electrons. The Bertz CT molecular complexity index is 651. The molecule has 3 rings (SSSR count). The van der Waals surface area contributed by atoms with Crippen molar-refractivity contribution in [1.82, 2.24) is 15.1 Å². The average Bonchev–Trinajstić information content (AvgIpc) is 2.67. The van der Waals surface area contributed by atoms with Crippen LogP contribution in [0.2, 0.25) is 5.02 Å². The molecule has 1 N–H and O–H groups in total. The summed E-state index contributed by atoms with van der Waals surface area (Å²) >= 11 is 5.80. The maximum absolute atomic E-state index is 13.4. The van der Waals surface area contributed by atoms with Crippen LogP contribution in [0.3, 0.4) is 0 Å². The molecule has 2 amide bonds. The van der Waals surface area contributed by atoms with Gasteiger partial charge in [-0.15, -0.1) is 0 Å². The van der Waals surface area contributed by atoms with Crippen molar-refractivity contribution in [3.05, 3.63) is 34.6 Å². The predicted molar refractivity (Wildman–Crippen MR) is 103 cm³/mol. The standard InChI is InChI=1S/C20H27ClFN3O2/c21-17-10-16(11-18(22)12-17)20(27)23-13-15-4-8-24(9-5-15)14-19(26)25-6-2-1-3-7-25/h10-12,15H,1-9,13-14H2,(H,23,27). The molecule has 2 heterocycles. The third kappa shape index (κ3) is 5.91. The van der Waals surface area contributed by atoms with Crippen molar-refractivity contribution in [2.24, 2.45) is 5.92 Å². The van der Waals surface area contributed by atoms with Crippen LogP contribution in [-0.4, -0.2) is 60.9 Å². The zero-order valence-electron chi connectivity index (χ0n) is 15.6. The summed E-state index contributed by atoms with van der Waals surface area (Å²) in [5.74, 6) is -0.206. The van der Waals surface area contributed by atoms with E-state index in [1.807, 2.05) is 4.90 Å². The van der Waals surface area contributed by atoms with Gasteiger partial charge in [-0.2, -0.15) is 0 Å². The van der Waals surface area contributed by atoms with Gasteiger partial charge < -0.3 is 10.2 Å². The first-order chi connectivity index (χ1) is 13.0. The van der Waals surface area contributed by atoms with E-state index in [0.29, 0.717) is 19.0 Å². The molecule has 0 aliphatic carbocycles. The summed E-state index contributed by atoms with van der Waals surface area (Å²) < 4.78 is 13.4. The largest absolute Gasteiger partial charge is 0.352 e. The molecule has 5 nitrogen and oxygen atoms in total. The normalized spacial score (nSPS) is 19.1. The molecule has 0 bridgehead atoms. The zero-order chi connectivity index (χ0) is 19.2. The number of benzene rings is 1. The second kappa shape index (κ2) is 9.51. The smallest absolute Gasteiger partial charge is 0.251 e. The molecule has 7 heteroatoms. The van der Waals surface area contributed by atoms with E-state index in [4.69, 9.17) is 11.6 Å². The van der Waals surface area contributed by atoms with Crippen molar-refractivity contribution in [3.63, 3.8) is 0 Å². The molecular formula is C20H27ClFN3O2. The first-order valence-electron chi connectivity index (χ1n) is 9.75. The molecule has 1 aromatic carbocycles. The molecule has 2 fully saturated rings. The third-order valence-corrected chi connectivity index (χ3v) is 5.67. The van der Waals surface area contributed by atoms with Crippen molar-refractivity contribution in [1.29, 1.82) is 0 Å². The molecule has 0 aromatic heterocycles. The van der Waals surface area contributed by atoms with Crippen LogP contribution in [0.25, 0.3) is 0 Å². The van der Waals surface area contributed by atoms with Gasteiger partial charge in [-0.3, -0.25) is 14.5 Å². The lowest BCUT2D eigenvalue weighted by molar-refractivity contribution is -0.133. The van der Waals surface area contributed by atoms with Crippen LogP contribution in [0.5, 0.6) is 0 Å². The van der Waals surface area contributed by atoms with Gasteiger partial charge in [0.05, 0.1) is 6.54 Å². The third-order valence-electron chi connectivity index (χ3n) is 5.45. The zero-order valence-corrected chi connectivity index (χ0v) is 16.3. The first-order valence-corrected chi connectivity index (χ1v) is 10.1. The van der Waals surface area contributed by atoms with Crippen LogP contribution in [-0.2, 0) is 4.79 Å². The number of nitrogens with zero attached hydrogens (tertiary/aromatic N) is 2. The Morgan fingerprint density at radius 2 is 1.78 bits per heavy atom. The summed E-state index contributed by atoms with van der Waals surface area (Å²) in [6, 6.07) is 3.84. The number of carbonyl (C=O) groups excluding carboxylic acids is 2. The Kier molecular flexibility index (Phi) is 7.07. The first kappa shape index (κ1) is 20.1. The molecule has 2 aliphatic rings. The highest BCUT2D eigenvalue weighted by molar-refractivity contribution is 6.31. The van der Waals surface area contributed by atoms with E-state index in [2.05, 4.69) is 10.2 Å². The van der Waals surface area contributed by atoms with Gasteiger partial charge in [-0.25, -0.2) is 4.39 Å². The molecule has 0 unspecified atom stereocenters. The summed E-state index contributed by atoms with van der Waals surface area (Å²) in [7, 11) is 0. The van der Waals surface area contributed by atoms with E-state index in [0.717, 1.165) is 51.9 Å². The van der Waals surface area contributed by atoms with Crippen molar-refractivity contribution in [2.75, 3.05) is 39.3 Å². The Labute approximate surface area is 164 Å². The Hall–Kier alpha value is -1.66. The number of nitrogens with one attached hydrogen (secondary N) is 1. The lowest BCUT2D eigenvalue weighted by atomic mass is 9.96. The highest BCUT2D eigenvalue weighted by atomic mass is 35.5. The van der Waals surface area contributed by atoms with Gasteiger partial charge in [-0.05, 0) is 69.3 Å². The fraction of sp³-hybridized carbons (Fsp3) is 0.600. The second-order valence-electron chi connectivity index (χ2n) is 7.53. The van der Waals surface area contributed by atoms with E-state index in [1.165, 1.54) is 24.6 Å². The van der Waals surface area contributed by atoms with Gasteiger partial charge in [0.1, 0.15) is 5.82 Å². The highest BCUT2D eigenvalue weighted by Gasteiger charge is 2.24. The highest BCUT2D eigenvalue weighted by Crippen LogP contribution is 2.18. The number of carbonyl (C=O) groups is 2. The van der Waals surface area contributed by atoms with E-state index in [1.54, 1.807) is 0 Å². The summed E-state index contributed by atoms with van der Waals surface area (Å²) in [6.07, 6.45) is 5.34. The van der Waals surface area contributed by atoms with E-state index in [9.17, 15) is 14.0 Å². The van der Waals surface area contributed by atoms with E-state index >= 15 is 0 Å². The fourth-order valence-electron chi connectivity index (χ4n) is 3.81. The van der Waals surface area contributed by atoms with E-state index in [-0.39, 0.29) is 22.4 Å². The average molecular weight is 396 g/mol. The molecule has 0 atom stereocenters. The van der Waals surface area contributed by atoms with Gasteiger partial charge in [0.15, 0.2) is 0 Å². The molecule has 2 aliphatic heterocycles. The molecule has 2 saturated heterocycles. The van der Waals surface area contributed by atoms with Crippen molar-refractivity contribution < 1.29 is 14.0 Å². The van der Waals surface area contributed by atoms with Gasteiger partial charge in [0, 0.05) is 30.2 Å². The van der Waals surface area contributed by atoms with Gasteiger partial charge >= 0.3 is 0 Å². The molecule has 0 radical (unpaired) electrons. The summed E-state index contributed by atoms with van der Waals surface area (Å²) in [6.45, 7) is 4.58. The topological polar surface area (TPSA) is 52.7 Å². The maximum Gasteiger partial charge on any atom is 0.251 e. The SMILES string of the molecule is O=C(NCC1CCN(CC(=O)N2CCCCC2)CC1)c1cc(F)cc(Cl)c1. The maximum atomic E-state index is 13.4. The number of piperidine rings is 2. The molecular weight excluding hydrogens is 369 g/mol. The number of halogens is 2. The van der Waals surface area contributed by atoms with Crippen LogP contribution >= 0.6 is 11.6 Å². The number of hydrogen-bond acceptors (Lipinski definition) is 3. The number of hydrogen-bond donors (Lipinski definition) is 1. The summed E-state index contributed by atoms with van der Waals surface area (Å²) in [5.41, 5.74) is 0.240. The Balaban J connectivity index is 1.39. The minimum absolute atomic E-state index is 0.215. The number of likely N-dealkylation sites (tertiary alicyclic amines) is 2. The Morgan fingerprint density at radius 3 is 2.44 bits per heavy atom. The summed E-state index contributed by atoms with van der Waals surface area (Å²) in [4.78, 5) is 28.7. The van der Waals surface area contributed by atoms with E-state index < -0.39 is 5.82 Å². The van der Waals surface area contributed by atoms with Crippen molar-refractivity contribution in [2.45, 2.75) is 32.1 Å². The summed E-state index contributed by atoms with van der Waals surface area (Å²) in [5, 5.41) is 3.09. The van der Waals surface area contributed by atoms with Crippen molar-refractivity contribution >= 4 is 23.4 Å². The number of amides is 2. The van der Waals surface area contributed by atoms with Gasteiger partial charge in [-0.1, -0.05) is 11.6 Å².